The summed E-state index contributed by atoms with van der Waals surface area (Å²) in [5, 5.41) is 0. The first-order valence-corrected chi connectivity index (χ1v) is 7.13. The fourth-order valence-electron chi connectivity index (χ4n) is 2.61. The van der Waals surface area contributed by atoms with Gasteiger partial charge in [0.15, 0.2) is 0 Å². The third-order valence-electron chi connectivity index (χ3n) is 4.62. The van der Waals surface area contributed by atoms with Gasteiger partial charge < -0.3 is 15.0 Å². The first-order chi connectivity index (χ1) is 9.71. The average Bonchev–Trinajstić information content (AvgIpc) is 2.87. The van der Waals surface area contributed by atoms with Gasteiger partial charge >= 0.3 is 13.1 Å². The Morgan fingerprint density at radius 1 is 1.33 bits per heavy atom. The highest BCUT2D eigenvalue weighted by Gasteiger charge is 2.52. The summed E-state index contributed by atoms with van der Waals surface area (Å²) in [5.74, 6) is 0.641. The van der Waals surface area contributed by atoms with Crippen molar-refractivity contribution < 1.29 is 14.1 Å². The summed E-state index contributed by atoms with van der Waals surface area (Å²) in [6, 6.07) is 1.53. The lowest BCUT2D eigenvalue weighted by atomic mass is 9.79. The first kappa shape index (κ1) is 14.3. The summed E-state index contributed by atoms with van der Waals surface area (Å²) in [5.41, 5.74) is 6.46. The first-order valence-electron chi connectivity index (χ1n) is 7.13. The zero-order valence-corrected chi connectivity index (χ0v) is 12.8. The van der Waals surface area contributed by atoms with E-state index in [9.17, 15) is 4.79 Å². The standard InChI is InChI=1S/C14H20BN3O3/c1-13(2)14(3,4)21-15(20-13)10-7-9-5-6-18(12(16)19)11(9)17-8-10/h7-8H,5-6H2,1-4H3,(H2,16,19). The maximum Gasteiger partial charge on any atom is 0.496 e. The van der Waals surface area contributed by atoms with Gasteiger partial charge in [-0.2, -0.15) is 0 Å². The molecule has 3 rings (SSSR count). The van der Waals surface area contributed by atoms with Crippen molar-refractivity contribution in [1.82, 2.24) is 4.98 Å². The highest BCUT2D eigenvalue weighted by molar-refractivity contribution is 6.62. The number of nitrogens with two attached hydrogens (primary N) is 1. The van der Waals surface area contributed by atoms with Crippen molar-refractivity contribution in [3.63, 3.8) is 0 Å². The molecule has 1 aromatic rings. The van der Waals surface area contributed by atoms with E-state index >= 15 is 0 Å². The van der Waals surface area contributed by atoms with Crippen LogP contribution < -0.4 is 16.1 Å². The summed E-state index contributed by atoms with van der Waals surface area (Å²) >= 11 is 0. The topological polar surface area (TPSA) is 77.7 Å². The van der Waals surface area contributed by atoms with Gasteiger partial charge in [-0.3, -0.25) is 4.90 Å². The molecule has 0 spiro atoms. The van der Waals surface area contributed by atoms with E-state index in [1.54, 1.807) is 6.20 Å². The molecule has 2 amide bonds. The molecule has 112 valence electrons. The molecular formula is C14H20BN3O3. The van der Waals surface area contributed by atoms with Crippen LogP contribution in [0.15, 0.2) is 12.3 Å². The molecule has 6 nitrogen and oxygen atoms in total. The molecule has 3 heterocycles. The quantitative estimate of drug-likeness (QED) is 0.776. The smallest absolute Gasteiger partial charge is 0.399 e. The SMILES string of the molecule is CC1(C)OB(c2cnc3c(c2)CCN3C(N)=O)OC1(C)C. The zero-order chi connectivity index (χ0) is 15.4. The van der Waals surface area contributed by atoms with Crippen molar-refractivity contribution in [3.8, 4) is 0 Å². The van der Waals surface area contributed by atoms with Gasteiger partial charge in [0.2, 0.25) is 0 Å². The molecule has 0 aliphatic carbocycles. The van der Waals surface area contributed by atoms with Gasteiger partial charge in [-0.25, -0.2) is 9.78 Å². The number of fused-ring (bicyclic) bond motifs is 1. The van der Waals surface area contributed by atoms with E-state index < -0.39 is 13.1 Å². The second-order valence-corrected chi connectivity index (χ2v) is 6.58. The van der Waals surface area contributed by atoms with Crippen LogP contribution in [-0.4, -0.2) is 35.9 Å². The minimum Gasteiger partial charge on any atom is -0.399 e. The Labute approximate surface area is 124 Å². The van der Waals surface area contributed by atoms with Crippen molar-refractivity contribution in [1.29, 1.82) is 0 Å². The highest BCUT2D eigenvalue weighted by atomic mass is 16.7. The summed E-state index contributed by atoms with van der Waals surface area (Å²) in [6.07, 6.45) is 2.45. The molecule has 1 fully saturated rings. The van der Waals surface area contributed by atoms with Gasteiger partial charge in [0.25, 0.3) is 0 Å². The molecular weight excluding hydrogens is 269 g/mol. The third kappa shape index (κ3) is 2.20. The number of rotatable bonds is 1. The lowest BCUT2D eigenvalue weighted by Gasteiger charge is -2.32. The molecule has 0 saturated carbocycles. The van der Waals surface area contributed by atoms with E-state index in [1.165, 1.54) is 4.90 Å². The van der Waals surface area contributed by atoms with E-state index in [1.807, 2.05) is 33.8 Å². The number of primary amides is 1. The molecule has 21 heavy (non-hydrogen) atoms. The predicted octanol–water partition coefficient (Wildman–Crippen LogP) is 0.822. The molecule has 0 atom stereocenters. The van der Waals surface area contributed by atoms with Crippen LogP contribution in [0.25, 0.3) is 0 Å². The largest absolute Gasteiger partial charge is 0.496 e. The Morgan fingerprint density at radius 2 is 1.95 bits per heavy atom. The fraction of sp³-hybridized carbons (Fsp3) is 0.571. The van der Waals surface area contributed by atoms with Gasteiger partial charge in [0.1, 0.15) is 5.82 Å². The maximum atomic E-state index is 11.3. The van der Waals surface area contributed by atoms with E-state index in [2.05, 4.69) is 4.98 Å². The van der Waals surface area contributed by atoms with Crippen molar-refractivity contribution in [2.45, 2.75) is 45.3 Å². The number of carbonyl (C=O) groups is 1. The van der Waals surface area contributed by atoms with Gasteiger partial charge in [0, 0.05) is 18.2 Å². The summed E-state index contributed by atoms with van der Waals surface area (Å²) in [7, 11) is -0.435. The number of amides is 2. The molecule has 2 aliphatic heterocycles. The van der Waals surface area contributed by atoms with E-state index in [4.69, 9.17) is 15.0 Å². The van der Waals surface area contributed by atoms with Crippen LogP contribution in [-0.2, 0) is 15.7 Å². The van der Waals surface area contributed by atoms with Crippen molar-refractivity contribution in [2.75, 3.05) is 11.4 Å². The van der Waals surface area contributed by atoms with Gasteiger partial charge in [-0.15, -0.1) is 0 Å². The predicted molar refractivity (Wildman–Crippen MR) is 80.6 cm³/mol. The van der Waals surface area contributed by atoms with Crippen LogP contribution in [0.5, 0.6) is 0 Å². The van der Waals surface area contributed by atoms with Crippen molar-refractivity contribution in [3.05, 3.63) is 17.8 Å². The second kappa shape index (κ2) is 4.45. The fourth-order valence-corrected chi connectivity index (χ4v) is 2.61. The molecule has 0 aromatic carbocycles. The summed E-state index contributed by atoms with van der Waals surface area (Å²) < 4.78 is 12.0. The Morgan fingerprint density at radius 3 is 2.52 bits per heavy atom. The molecule has 0 unspecified atom stereocenters. The van der Waals surface area contributed by atoms with Gasteiger partial charge in [-0.05, 0) is 39.7 Å². The highest BCUT2D eigenvalue weighted by Crippen LogP contribution is 2.36. The van der Waals surface area contributed by atoms with Crippen LogP contribution in [0, 0.1) is 0 Å². The Bertz CT molecular complexity index is 587. The van der Waals surface area contributed by atoms with Crippen LogP contribution >= 0.6 is 0 Å². The molecule has 0 radical (unpaired) electrons. The number of nitrogens with zero attached hydrogens (tertiary/aromatic N) is 2. The molecule has 7 heteroatoms. The Balaban J connectivity index is 1.88. The Kier molecular flexibility index (Phi) is 3.04. The van der Waals surface area contributed by atoms with Crippen LogP contribution in [0.3, 0.4) is 0 Å². The zero-order valence-electron chi connectivity index (χ0n) is 12.8. The molecule has 1 saturated heterocycles. The van der Waals surface area contributed by atoms with Gasteiger partial charge in [-0.1, -0.05) is 6.07 Å². The molecule has 2 aliphatic rings. The lowest BCUT2D eigenvalue weighted by Crippen LogP contribution is -2.41. The normalized spacial score (nSPS) is 22.5. The number of pyridine rings is 1. The maximum absolute atomic E-state index is 11.3. The number of anilines is 1. The second-order valence-electron chi connectivity index (χ2n) is 6.58. The number of urea groups is 1. The Hall–Kier alpha value is -1.60. The van der Waals surface area contributed by atoms with E-state index in [0.717, 1.165) is 17.4 Å². The van der Waals surface area contributed by atoms with Crippen LogP contribution in [0.4, 0.5) is 10.6 Å². The van der Waals surface area contributed by atoms with E-state index in [-0.39, 0.29) is 11.2 Å². The number of hydrogen-bond acceptors (Lipinski definition) is 4. The monoisotopic (exact) mass is 289 g/mol. The minimum absolute atomic E-state index is 0.379. The van der Waals surface area contributed by atoms with E-state index in [0.29, 0.717) is 12.4 Å². The summed E-state index contributed by atoms with van der Waals surface area (Å²) in [6.45, 7) is 8.64. The lowest BCUT2D eigenvalue weighted by molar-refractivity contribution is 0.00578. The number of carbonyl (C=O) groups excluding carboxylic acids is 1. The molecule has 0 bridgehead atoms. The number of aromatic nitrogens is 1. The molecule has 2 N–H and O–H groups in total. The van der Waals surface area contributed by atoms with Gasteiger partial charge in [0.05, 0.1) is 11.2 Å². The minimum atomic E-state index is -0.468. The summed E-state index contributed by atoms with van der Waals surface area (Å²) in [4.78, 5) is 17.2. The average molecular weight is 289 g/mol. The van der Waals surface area contributed by atoms with Crippen LogP contribution in [0.2, 0.25) is 0 Å². The number of hydrogen-bond donors (Lipinski definition) is 1. The third-order valence-corrected chi connectivity index (χ3v) is 4.62. The molecule has 1 aromatic heterocycles. The van der Waals surface area contributed by atoms with Crippen molar-refractivity contribution in [2.24, 2.45) is 5.73 Å². The van der Waals surface area contributed by atoms with Crippen molar-refractivity contribution >= 4 is 24.4 Å². The van der Waals surface area contributed by atoms with Crippen LogP contribution in [0.1, 0.15) is 33.3 Å².